The molecule has 1 aromatic rings. The van der Waals surface area contributed by atoms with Gasteiger partial charge in [-0.25, -0.2) is 0 Å². The van der Waals surface area contributed by atoms with Crippen LogP contribution >= 0.6 is 11.6 Å². The maximum Gasteiger partial charge on any atom is 0.0624 e. The monoisotopic (exact) mass is 266 g/mol. The lowest BCUT2D eigenvalue weighted by Crippen LogP contribution is -2.20. The van der Waals surface area contributed by atoms with Gasteiger partial charge in [-0.2, -0.15) is 0 Å². The number of aromatic nitrogens is 1. The largest absolute Gasteiger partial charge is 0.316 e. The second kappa shape index (κ2) is 8.28. The summed E-state index contributed by atoms with van der Waals surface area (Å²) in [6.45, 7) is 8.72. The minimum atomic E-state index is 0.714. The van der Waals surface area contributed by atoms with E-state index in [-0.39, 0.29) is 0 Å². The highest BCUT2D eigenvalue weighted by Gasteiger charge is 2.00. The van der Waals surface area contributed by atoms with Crippen molar-refractivity contribution in [3.8, 4) is 0 Å². The van der Waals surface area contributed by atoms with Crippen molar-refractivity contribution in [1.82, 2.24) is 10.3 Å². The van der Waals surface area contributed by atoms with Crippen molar-refractivity contribution in [1.29, 1.82) is 0 Å². The molecule has 100 valence electrons. The summed E-state index contributed by atoms with van der Waals surface area (Å²) < 4.78 is 0. The molecule has 0 aliphatic heterocycles. The summed E-state index contributed by atoms with van der Waals surface area (Å²) in [5.41, 5.74) is 2.50. The van der Waals surface area contributed by atoms with Crippen LogP contribution < -0.4 is 5.32 Å². The first-order valence-electron chi connectivity index (χ1n) is 6.54. The van der Waals surface area contributed by atoms with Gasteiger partial charge in [0.2, 0.25) is 0 Å². The molecular formula is C15H23ClN2. The van der Waals surface area contributed by atoms with Gasteiger partial charge in [-0.05, 0) is 50.4 Å². The van der Waals surface area contributed by atoms with Gasteiger partial charge in [0.1, 0.15) is 0 Å². The molecular weight excluding hydrogens is 244 g/mol. The fraction of sp³-hybridized carbons (Fsp3) is 0.533. The zero-order valence-electron chi connectivity index (χ0n) is 11.5. The molecule has 0 aromatic carbocycles. The number of nitrogens with zero attached hydrogens (tertiary/aromatic N) is 1. The van der Waals surface area contributed by atoms with Crippen LogP contribution in [0.15, 0.2) is 30.1 Å². The maximum atomic E-state index is 6.08. The smallest absolute Gasteiger partial charge is 0.0624 e. The summed E-state index contributed by atoms with van der Waals surface area (Å²) >= 11 is 6.08. The molecule has 0 bridgehead atoms. The Kier molecular flexibility index (Phi) is 6.99. The number of halogens is 1. The number of nitrogens with one attached hydrogen (secondary N) is 1. The normalized spacial score (nSPS) is 12.2. The summed E-state index contributed by atoms with van der Waals surface area (Å²) in [6.07, 6.45) is 7.75. The van der Waals surface area contributed by atoms with E-state index in [1.165, 1.54) is 5.57 Å². The van der Waals surface area contributed by atoms with Gasteiger partial charge < -0.3 is 5.32 Å². The first-order chi connectivity index (χ1) is 8.59. The molecule has 1 rings (SSSR count). The first kappa shape index (κ1) is 15.2. The molecule has 2 nitrogen and oxygen atoms in total. The fourth-order valence-electron chi connectivity index (χ4n) is 1.73. The SMILES string of the molecule is CC(=CCCNCC(C)C)Cc1ccncc1Cl. The van der Waals surface area contributed by atoms with Crippen molar-refractivity contribution in [2.24, 2.45) is 5.92 Å². The second-order valence-corrected chi connectivity index (χ2v) is 5.49. The molecule has 0 fully saturated rings. The minimum Gasteiger partial charge on any atom is -0.316 e. The highest BCUT2D eigenvalue weighted by atomic mass is 35.5. The highest BCUT2D eigenvalue weighted by Crippen LogP contribution is 2.17. The minimum absolute atomic E-state index is 0.714. The standard InChI is InChI=1S/C15H23ClN2/c1-12(2)10-17-7-4-5-13(3)9-14-6-8-18-11-15(14)16/h5-6,8,11-12,17H,4,7,9-10H2,1-3H3. The number of pyridine rings is 1. The molecule has 1 heterocycles. The molecule has 0 saturated carbocycles. The summed E-state index contributed by atoms with van der Waals surface area (Å²) in [5, 5.41) is 4.19. The number of hydrogen-bond acceptors (Lipinski definition) is 2. The van der Waals surface area contributed by atoms with E-state index in [1.54, 1.807) is 12.4 Å². The summed E-state index contributed by atoms with van der Waals surface area (Å²) in [5.74, 6) is 0.714. The van der Waals surface area contributed by atoms with Gasteiger partial charge in [0.05, 0.1) is 5.02 Å². The number of hydrogen-bond donors (Lipinski definition) is 1. The van der Waals surface area contributed by atoms with E-state index >= 15 is 0 Å². The Hall–Kier alpha value is -0.860. The average Bonchev–Trinajstić information content (AvgIpc) is 2.31. The van der Waals surface area contributed by atoms with Crippen molar-refractivity contribution in [2.75, 3.05) is 13.1 Å². The lowest BCUT2D eigenvalue weighted by molar-refractivity contribution is 0.556. The van der Waals surface area contributed by atoms with Crippen LogP contribution in [0.5, 0.6) is 0 Å². The Labute approximate surface area is 115 Å². The zero-order valence-corrected chi connectivity index (χ0v) is 12.3. The highest BCUT2D eigenvalue weighted by molar-refractivity contribution is 6.31. The third kappa shape index (κ3) is 6.18. The van der Waals surface area contributed by atoms with Crippen molar-refractivity contribution in [3.63, 3.8) is 0 Å². The van der Waals surface area contributed by atoms with Crippen molar-refractivity contribution in [2.45, 2.75) is 33.6 Å². The van der Waals surface area contributed by atoms with Crippen LogP contribution in [-0.2, 0) is 6.42 Å². The molecule has 0 saturated heterocycles. The number of allylic oxidation sites excluding steroid dienone is 1. The summed E-state index contributed by atoms with van der Waals surface area (Å²) in [7, 11) is 0. The molecule has 0 atom stereocenters. The van der Waals surface area contributed by atoms with E-state index in [0.717, 1.165) is 36.5 Å². The quantitative estimate of drug-likeness (QED) is 0.599. The van der Waals surface area contributed by atoms with Crippen LogP contribution in [0.3, 0.4) is 0 Å². The lowest BCUT2D eigenvalue weighted by Gasteiger charge is -2.06. The van der Waals surface area contributed by atoms with E-state index < -0.39 is 0 Å². The van der Waals surface area contributed by atoms with Gasteiger partial charge in [-0.15, -0.1) is 0 Å². The molecule has 0 radical (unpaired) electrons. The Morgan fingerprint density at radius 3 is 2.94 bits per heavy atom. The Morgan fingerprint density at radius 2 is 2.28 bits per heavy atom. The molecule has 0 aliphatic rings. The number of rotatable bonds is 7. The van der Waals surface area contributed by atoms with Crippen molar-refractivity contribution >= 4 is 11.6 Å². The van der Waals surface area contributed by atoms with Gasteiger partial charge in [-0.3, -0.25) is 4.98 Å². The fourth-order valence-corrected chi connectivity index (χ4v) is 1.92. The predicted molar refractivity (Wildman–Crippen MR) is 79.0 cm³/mol. The topological polar surface area (TPSA) is 24.9 Å². The van der Waals surface area contributed by atoms with Gasteiger partial charge >= 0.3 is 0 Å². The van der Waals surface area contributed by atoms with Crippen molar-refractivity contribution < 1.29 is 0 Å². The van der Waals surface area contributed by atoms with Crippen LogP contribution in [0.25, 0.3) is 0 Å². The maximum absolute atomic E-state index is 6.08. The molecule has 1 aromatic heterocycles. The lowest BCUT2D eigenvalue weighted by atomic mass is 10.1. The molecule has 18 heavy (non-hydrogen) atoms. The Balaban J connectivity index is 2.32. The molecule has 1 N–H and O–H groups in total. The first-order valence-corrected chi connectivity index (χ1v) is 6.92. The third-order valence-electron chi connectivity index (χ3n) is 2.69. The molecule has 0 unspecified atom stereocenters. The van der Waals surface area contributed by atoms with Crippen molar-refractivity contribution in [3.05, 3.63) is 40.7 Å². The van der Waals surface area contributed by atoms with Gasteiger partial charge in [-0.1, -0.05) is 37.1 Å². The van der Waals surface area contributed by atoms with Gasteiger partial charge in [0.15, 0.2) is 0 Å². The van der Waals surface area contributed by atoms with E-state index in [0.29, 0.717) is 5.92 Å². The van der Waals surface area contributed by atoms with Crippen LogP contribution in [-0.4, -0.2) is 18.1 Å². The molecule has 3 heteroatoms. The molecule has 0 amide bonds. The zero-order chi connectivity index (χ0) is 13.4. The third-order valence-corrected chi connectivity index (χ3v) is 3.03. The van der Waals surface area contributed by atoms with E-state index in [4.69, 9.17) is 11.6 Å². The van der Waals surface area contributed by atoms with E-state index in [1.807, 2.05) is 6.07 Å². The summed E-state index contributed by atoms with van der Waals surface area (Å²) in [4.78, 5) is 3.99. The second-order valence-electron chi connectivity index (χ2n) is 5.08. The van der Waals surface area contributed by atoms with E-state index in [2.05, 4.69) is 37.1 Å². The average molecular weight is 267 g/mol. The summed E-state index contributed by atoms with van der Waals surface area (Å²) in [6, 6.07) is 1.98. The molecule has 0 aliphatic carbocycles. The van der Waals surface area contributed by atoms with Crippen LogP contribution in [0, 0.1) is 5.92 Å². The van der Waals surface area contributed by atoms with Crippen LogP contribution in [0.1, 0.15) is 32.8 Å². The Morgan fingerprint density at radius 1 is 1.50 bits per heavy atom. The van der Waals surface area contributed by atoms with Gasteiger partial charge in [0, 0.05) is 12.4 Å². The van der Waals surface area contributed by atoms with Crippen LogP contribution in [0.2, 0.25) is 5.02 Å². The predicted octanol–water partition coefficient (Wildman–Crippen LogP) is 3.86. The van der Waals surface area contributed by atoms with Gasteiger partial charge in [0.25, 0.3) is 0 Å². The Bertz CT molecular complexity index is 386. The van der Waals surface area contributed by atoms with Crippen LogP contribution in [0.4, 0.5) is 0 Å². The molecule has 0 spiro atoms. The van der Waals surface area contributed by atoms with E-state index in [9.17, 15) is 0 Å².